The Bertz CT molecular complexity index is 590. The molecule has 3 N–H and O–H groups in total. The van der Waals surface area contributed by atoms with E-state index in [4.69, 9.17) is 17.3 Å². The standard InChI is InChI=1S/C12H12ClN3OS/c1-6-3-8(5-15-11(6)13)16-12(17)10-4-9(14)7(2)18-10/h3-5H,14H2,1-2H3,(H,16,17). The first kappa shape index (κ1) is 12.9. The van der Waals surface area contributed by atoms with Gasteiger partial charge in [0.25, 0.3) is 5.91 Å². The lowest BCUT2D eigenvalue weighted by Gasteiger charge is -2.04. The summed E-state index contributed by atoms with van der Waals surface area (Å²) in [5.74, 6) is -0.191. The van der Waals surface area contributed by atoms with E-state index in [1.807, 2.05) is 13.8 Å². The Morgan fingerprint density at radius 2 is 2.17 bits per heavy atom. The van der Waals surface area contributed by atoms with E-state index in [0.717, 1.165) is 10.4 Å². The molecule has 0 aliphatic heterocycles. The fourth-order valence-corrected chi connectivity index (χ4v) is 2.37. The molecule has 0 aromatic carbocycles. The van der Waals surface area contributed by atoms with Crippen LogP contribution in [0.25, 0.3) is 0 Å². The van der Waals surface area contributed by atoms with E-state index in [9.17, 15) is 4.79 Å². The molecule has 0 aliphatic carbocycles. The van der Waals surface area contributed by atoms with Crippen molar-refractivity contribution in [2.24, 2.45) is 0 Å². The van der Waals surface area contributed by atoms with Crippen molar-refractivity contribution in [3.63, 3.8) is 0 Å². The lowest BCUT2D eigenvalue weighted by molar-refractivity contribution is 0.103. The van der Waals surface area contributed by atoms with Crippen molar-refractivity contribution in [2.45, 2.75) is 13.8 Å². The maximum atomic E-state index is 12.0. The maximum absolute atomic E-state index is 12.0. The fraction of sp³-hybridized carbons (Fsp3) is 0.167. The zero-order valence-electron chi connectivity index (χ0n) is 9.95. The quantitative estimate of drug-likeness (QED) is 0.830. The second-order valence-electron chi connectivity index (χ2n) is 3.91. The van der Waals surface area contributed by atoms with Crippen LogP contribution in [0.4, 0.5) is 11.4 Å². The number of nitrogen functional groups attached to an aromatic ring is 1. The van der Waals surface area contributed by atoms with E-state index < -0.39 is 0 Å². The third-order valence-corrected chi connectivity index (χ3v) is 3.91. The summed E-state index contributed by atoms with van der Waals surface area (Å²) in [4.78, 5) is 17.5. The summed E-state index contributed by atoms with van der Waals surface area (Å²) in [6, 6.07) is 3.45. The minimum atomic E-state index is -0.191. The minimum absolute atomic E-state index is 0.191. The molecule has 0 fully saturated rings. The highest BCUT2D eigenvalue weighted by Gasteiger charge is 2.11. The van der Waals surface area contributed by atoms with Crippen LogP contribution in [0.1, 0.15) is 20.1 Å². The molecular formula is C12H12ClN3OS. The summed E-state index contributed by atoms with van der Waals surface area (Å²) in [5, 5.41) is 3.20. The van der Waals surface area contributed by atoms with Gasteiger partial charge in [-0.15, -0.1) is 11.3 Å². The number of aryl methyl sites for hydroxylation is 2. The van der Waals surface area contributed by atoms with Gasteiger partial charge in [0.15, 0.2) is 0 Å². The van der Waals surface area contributed by atoms with Gasteiger partial charge in [-0.3, -0.25) is 4.79 Å². The van der Waals surface area contributed by atoms with Crippen LogP contribution in [0, 0.1) is 13.8 Å². The highest BCUT2D eigenvalue weighted by atomic mass is 35.5. The fourth-order valence-electron chi connectivity index (χ4n) is 1.43. The summed E-state index contributed by atoms with van der Waals surface area (Å²) in [5.41, 5.74) is 7.78. The Labute approximate surface area is 114 Å². The van der Waals surface area contributed by atoms with Gasteiger partial charge in [-0.05, 0) is 31.5 Å². The van der Waals surface area contributed by atoms with Gasteiger partial charge in [0, 0.05) is 10.6 Å². The normalized spacial score (nSPS) is 10.4. The predicted molar refractivity (Wildman–Crippen MR) is 75.4 cm³/mol. The Hall–Kier alpha value is -1.59. The van der Waals surface area contributed by atoms with Crippen LogP contribution in [0.2, 0.25) is 5.15 Å². The molecule has 1 amide bonds. The molecule has 0 saturated heterocycles. The summed E-state index contributed by atoms with van der Waals surface area (Å²) in [7, 11) is 0. The second-order valence-corrected chi connectivity index (χ2v) is 5.52. The zero-order chi connectivity index (χ0) is 13.3. The summed E-state index contributed by atoms with van der Waals surface area (Å²) in [6.07, 6.45) is 1.52. The van der Waals surface area contributed by atoms with Crippen molar-refractivity contribution in [2.75, 3.05) is 11.1 Å². The molecule has 2 rings (SSSR count). The SMILES string of the molecule is Cc1cc(NC(=O)c2cc(N)c(C)s2)cnc1Cl. The van der Waals surface area contributed by atoms with Gasteiger partial charge in [0.1, 0.15) is 5.15 Å². The number of carbonyl (C=O) groups excluding carboxylic acids is 1. The molecule has 18 heavy (non-hydrogen) atoms. The molecular weight excluding hydrogens is 270 g/mol. The molecule has 0 unspecified atom stereocenters. The third kappa shape index (κ3) is 2.63. The monoisotopic (exact) mass is 281 g/mol. The molecule has 2 aromatic heterocycles. The first-order chi connectivity index (χ1) is 8.47. The molecule has 2 aromatic rings. The first-order valence-electron chi connectivity index (χ1n) is 5.27. The molecule has 0 bridgehead atoms. The average Bonchev–Trinajstić information content (AvgIpc) is 2.65. The molecule has 0 spiro atoms. The van der Waals surface area contributed by atoms with Crippen molar-refractivity contribution < 1.29 is 4.79 Å². The van der Waals surface area contributed by atoms with E-state index in [1.54, 1.807) is 12.1 Å². The van der Waals surface area contributed by atoms with Gasteiger partial charge >= 0.3 is 0 Å². The minimum Gasteiger partial charge on any atom is -0.398 e. The Balaban J connectivity index is 2.18. The number of nitrogens with one attached hydrogen (secondary N) is 1. The number of carbonyl (C=O) groups is 1. The van der Waals surface area contributed by atoms with Gasteiger partial charge < -0.3 is 11.1 Å². The van der Waals surface area contributed by atoms with Crippen LogP contribution in [0.15, 0.2) is 18.3 Å². The number of hydrogen-bond donors (Lipinski definition) is 2. The molecule has 0 radical (unpaired) electrons. The molecule has 4 nitrogen and oxygen atoms in total. The van der Waals surface area contributed by atoms with Crippen LogP contribution in [-0.2, 0) is 0 Å². The average molecular weight is 282 g/mol. The molecule has 94 valence electrons. The highest BCUT2D eigenvalue weighted by Crippen LogP contribution is 2.24. The third-order valence-electron chi connectivity index (χ3n) is 2.45. The number of amides is 1. The van der Waals surface area contributed by atoms with Gasteiger partial charge in [-0.2, -0.15) is 0 Å². The smallest absolute Gasteiger partial charge is 0.265 e. The van der Waals surface area contributed by atoms with E-state index >= 15 is 0 Å². The number of halogens is 1. The van der Waals surface area contributed by atoms with E-state index in [2.05, 4.69) is 10.3 Å². The summed E-state index contributed by atoms with van der Waals surface area (Å²) >= 11 is 7.19. The van der Waals surface area contributed by atoms with E-state index in [-0.39, 0.29) is 5.91 Å². The summed E-state index contributed by atoms with van der Waals surface area (Å²) < 4.78 is 0. The van der Waals surface area contributed by atoms with Crippen molar-refractivity contribution in [3.8, 4) is 0 Å². The van der Waals surface area contributed by atoms with Gasteiger partial charge in [0.2, 0.25) is 0 Å². The van der Waals surface area contributed by atoms with Gasteiger partial charge in [-0.25, -0.2) is 4.98 Å². The number of hydrogen-bond acceptors (Lipinski definition) is 4. The van der Waals surface area contributed by atoms with E-state index in [0.29, 0.717) is 21.4 Å². The molecule has 6 heteroatoms. The Morgan fingerprint density at radius 1 is 1.44 bits per heavy atom. The van der Waals surface area contributed by atoms with Crippen LogP contribution < -0.4 is 11.1 Å². The molecule has 0 saturated carbocycles. The maximum Gasteiger partial charge on any atom is 0.265 e. The number of nitrogens with zero attached hydrogens (tertiary/aromatic N) is 1. The van der Waals surface area contributed by atoms with E-state index in [1.165, 1.54) is 17.5 Å². The number of anilines is 2. The molecule has 2 heterocycles. The lowest BCUT2D eigenvalue weighted by Crippen LogP contribution is -2.10. The van der Waals surface area contributed by atoms with Crippen LogP contribution in [0.3, 0.4) is 0 Å². The van der Waals surface area contributed by atoms with Crippen molar-refractivity contribution >= 4 is 40.2 Å². The van der Waals surface area contributed by atoms with Crippen molar-refractivity contribution in [3.05, 3.63) is 38.8 Å². The summed E-state index contributed by atoms with van der Waals surface area (Å²) in [6.45, 7) is 3.71. The topological polar surface area (TPSA) is 68.0 Å². The Kier molecular flexibility index (Phi) is 3.54. The van der Waals surface area contributed by atoms with Crippen LogP contribution in [-0.4, -0.2) is 10.9 Å². The predicted octanol–water partition coefficient (Wildman–Crippen LogP) is 3.25. The zero-order valence-corrected chi connectivity index (χ0v) is 11.5. The van der Waals surface area contributed by atoms with Gasteiger partial charge in [0.05, 0.1) is 16.8 Å². The molecule has 0 aliphatic rings. The Morgan fingerprint density at radius 3 is 2.72 bits per heavy atom. The van der Waals surface area contributed by atoms with Crippen LogP contribution in [0.5, 0.6) is 0 Å². The number of thiophene rings is 1. The second kappa shape index (κ2) is 4.96. The number of pyridine rings is 1. The molecule has 0 atom stereocenters. The highest BCUT2D eigenvalue weighted by molar-refractivity contribution is 7.14. The number of rotatable bonds is 2. The van der Waals surface area contributed by atoms with Gasteiger partial charge in [-0.1, -0.05) is 11.6 Å². The van der Waals surface area contributed by atoms with Crippen molar-refractivity contribution in [1.82, 2.24) is 4.98 Å². The lowest BCUT2D eigenvalue weighted by atomic mass is 10.3. The van der Waals surface area contributed by atoms with Crippen molar-refractivity contribution in [1.29, 1.82) is 0 Å². The largest absolute Gasteiger partial charge is 0.398 e. The van der Waals surface area contributed by atoms with Crippen LogP contribution >= 0.6 is 22.9 Å². The first-order valence-corrected chi connectivity index (χ1v) is 6.46. The number of aromatic nitrogens is 1. The number of nitrogens with two attached hydrogens (primary N) is 1.